The van der Waals surface area contributed by atoms with E-state index in [1.54, 1.807) is 4.90 Å². The van der Waals surface area contributed by atoms with Crippen molar-refractivity contribution in [2.24, 2.45) is 5.92 Å². The molecule has 3 amide bonds. The molecular weight excluding hydrogens is 413 g/mol. The van der Waals surface area contributed by atoms with Gasteiger partial charge >= 0.3 is 6.03 Å². The predicted molar refractivity (Wildman–Crippen MR) is 110 cm³/mol. The Kier molecular flexibility index (Phi) is 9.04. The number of halogens is 1. The number of benzene rings is 1. The van der Waals surface area contributed by atoms with Gasteiger partial charge in [0.1, 0.15) is 0 Å². The number of carbonyl (C=O) groups is 2. The number of rotatable bonds is 12. The van der Waals surface area contributed by atoms with Gasteiger partial charge in [-0.2, -0.15) is 0 Å². The quantitative estimate of drug-likeness (QED) is 0.483. The molecule has 8 nitrogen and oxygen atoms in total. The molecule has 1 aromatic carbocycles. The third-order valence-corrected chi connectivity index (χ3v) is 6.03. The lowest BCUT2D eigenvalue weighted by molar-refractivity contribution is -0.121. The van der Waals surface area contributed by atoms with Gasteiger partial charge in [-0.25, -0.2) is 22.3 Å². The van der Waals surface area contributed by atoms with Crippen molar-refractivity contribution in [1.82, 2.24) is 14.9 Å². The number of imide groups is 1. The molecule has 1 heterocycles. The summed E-state index contributed by atoms with van der Waals surface area (Å²) in [5.41, 5.74) is 0. The van der Waals surface area contributed by atoms with Crippen LogP contribution in [0.3, 0.4) is 0 Å². The van der Waals surface area contributed by atoms with Gasteiger partial charge in [0.15, 0.2) is 11.6 Å². The zero-order valence-corrected chi connectivity index (χ0v) is 18.3. The van der Waals surface area contributed by atoms with Crippen LogP contribution in [0.4, 0.5) is 9.18 Å². The summed E-state index contributed by atoms with van der Waals surface area (Å²) in [7, 11) is -3.75. The zero-order chi connectivity index (χ0) is 22.1. The number of ether oxygens (including phenoxy) is 1. The molecule has 1 fully saturated rings. The van der Waals surface area contributed by atoms with E-state index in [-0.39, 0.29) is 35.0 Å². The van der Waals surface area contributed by atoms with E-state index in [1.165, 1.54) is 12.1 Å². The van der Waals surface area contributed by atoms with Crippen LogP contribution in [0.2, 0.25) is 0 Å². The standard InChI is InChI=1S/C20H30FN3O5S/c1-15(2)14-29-18-13-16(7-8-17(18)21)30(27,28)22-10-5-3-4-6-11-24-12-9-19(25)23-20(24)26/h7-8,13,15,22H,3-6,9-12,14H2,1-2H3,(H,23,25,26). The Labute approximate surface area is 177 Å². The number of hydrogen-bond acceptors (Lipinski definition) is 5. The van der Waals surface area contributed by atoms with Crippen LogP contribution in [0, 0.1) is 11.7 Å². The van der Waals surface area contributed by atoms with E-state index in [4.69, 9.17) is 4.74 Å². The number of nitrogens with zero attached hydrogens (tertiary/aromatic N) is 1. The zero-order valence-electron chi connectivity index (χ0n) is 17.4. The van der Waals surface area contributed by atoms with Crippen molar-refractivity contribution in [3.8, 4) is 5.75 Å². The van der Waals surface area contributed by atoms with Gasteiger partial charge in [-0.1, -0.05) is 26.7 Å². The summed E-state index contributed by atoms with van der Waals surface area (Å²) in [6, 6.07) is 3.16. The van der Waals surface area contributed by atoms with E-state index < -0.39 is 15.8 Å². The molecule has 10 heteroatoms. The van der Waals surface area contributed by atoms with E-state index in [9.17, 15) is 22.4 Å². The number of nitrogens with one attached hydrogen (secondary N) is 2. The van der Waals surface area contributed by atoms with Crippen LogP contribution >= 0.6 is 0 Å². The van der Waals surface area contributed by atoms with Crippen molar-refractivity contribution in [2.45, 2.75) is 50.8 Å². The van der Waals surface area contributed by atoms with Crippen LogP contribution in [0.1, 0.15) is 46.0 Å². The van der Waals surface area contributed by atoms with Crippen LogP contribution in [-0.2, 0) is 14.8 Å². The second kappa shape index (κ2) is 11.3. The fraction of sp³-hybridized carbons (Fsp3) is 0.600. The Morgan fingerprint density at radius 3 is 2.63 bits per heavy atom. The molecule has 0 spiro atoms. The average molecular weight is 444 g/mol. The Balaban J connectivity index is 1.70. The lowest BCUT2D eigenvalue weighted by Crippen LogP contribution is -2.49. The molecular formula is C20H30FN3O5S. The van der Waals surface area contributed by atoms with Gasteiger partial charge in [0.2, 0.25) is 15.9 Å². The largest absolute Gasteiger partial charge is 0.490 e. The summed E-state index contributed by atoms with van der Waals surface area (Å²) in [4.78, 5) is 24.3. The fourth-order valence-electron chi connectivity index (χ4n) is 2.90. The van der Waals surface area contributed by atoms with Gasteiger partial charge in [0.05, 0.1) is 11.5 Å². The minimum Gasteiger partial charge on any atom is -0.490 e. The maximum Gasteiger partial charge on any atom is 0.324 e. The van der Waals surface area contributed by atoms with Crippen molar-refractivity contribution in [2.75, 3.05) is 26.2 Å². The van der Waals surface area contributed by atoms with Gasteiger partial charge in [-0.3, -0.25) is 10.1 Å². The Morgan fingerprint density at radius 2 is 1.93 bits per heavy atom. The van der Waals surface area contributed by atoms with Gasteiger partial charge in [0.25, 0.3) is 0 Å². The highest BCUT2D eigenvalue weighted by Crippen LogP contribution is 2.22. The second-order valence-corrected chi connectivity index (χ2v) is 9.47. The number of carbonyl (C=O) groups excluding carboxylic acids is 2. The lowest BCUT2D eigenvalue weighted by atomic mass is 10.2. The molecule has 0 radical (unpaired) electrons. The number of amides is 3. The third kappa shape index (κ3) is 7.56. The smallest absolute Gasteiger partial charge is 0.324 e. The monoisotopic (exact) mass is 443 g/mol. The highest BCUT2D eigenvalue weighted by atomic mass is 32.2. The summed E-state index contributed by atoms with van der Waals surface area (Å²) in [5.74, 6) is -0.728. The van der Waals surface area contributed by atoms with Crippen LogP contribution < -0.4 is 14.8 Å². The lowest BCUT2D eigenvalue weighted by Gasteiger charge is -2.26. The summed E-state index contributed by atoms with van der Waals surface area (Å²) in [6.07, 6.45) is 3.37. The van der Waals surface area contributed by atoms with E-state index in [2.05, 4.69) is 10.0 Å². The molecule has 1 saturated heterocycles. The molecule has 0 saturated carbocycles. The Morgan fingerprint density at radius 1 is 1.20 bits per heavy atom. The second-order valence-electron chi connectivity index (χ2n) is 7.70. The highest BCUT2D eigenvalue weighted by molar-refractivity contribution is 7.89. The fourth-order valence-corrected chi connectivity index (χ4v) is 3.99. The summed E-state index contributed by atoms with van der Waals surface area (Å²) in [6.45, 7) is 5.40. The number of unbranched alkanes of at least 4 members (excludes halogenated alkanes) is 3. The molecule has 168 valence electrons. The first-order valence-electron chi connectivity index (χ1n) is 10.2. The number of hydrogen-bond donors (Lipinski definition) is 2. The first-order chi connectivity index (χ1) is 14.2. The molecule has 0 unspecified atom stereocenters. The van der Waals surface area contributed by atoms with Crippen LogP contribution in [0.25, 0.3) is 0 Å². The van der Waals surface area contributed by atoms with Gasteiger partial charge in [-0.15, -0.1) is 0 Å². The van der Waals surface area contributed by atoms with E-state index in [0.717, 1.165) is 25.3 Å². The average Bonchev–Trinajstić information content (AvgIpc) is 2.67. The molecule has 1 aliphatic heterocycles. The van der Waals surface area contributed by atoms with Crippen LogP contribution in [0.5, 0.6) is 5.75 Å². The molecule has 2 rings (SSSR count). The van der Waals surface area contributed by atoms with Gasteiger partial charge in [-0.05, 0) is 30.9 Å². The molecule has 30 heavy (non-hydrogen) atoms. The first-order valence-corrected chi connectivity index (χ1v) is 11.7. The molecule has 0 aliphatic carbocycles. The topological polar surface area (TPSA) is 105 Å². The van der Waals surface area contributed by atoms with Crippen molar-refractivity contribution >= 4 is 22.0 Å². The highest BCUT2D eigenvalue weighted by Gasteiger charge is 2.22. The van der Waals surface area contributed by atoms with Gasteiger partial charge in [0, 0.05) is 32.1 Å². The SMILES string of the molecule is CC(C)COc1cc(S(=O)(=O)NCCCCCCN2CCC(=O)NC2=O)ccc1F. The summed E-state index contributed by atoms with van der Waals surface area (Å²) in [5, 5.41) is 2.28. The minimum absolute atomic E-state index is 0.0340. The molecule has 1 aliphatic rings. The third-order valence-electron chi connectivity index (χ3n) is 4.57. The Bertz CT molecular complexity index is 845. The van der Waals surface area contributed by atoms with Crippen molar-refractivity contribution in [3.63, 3.8) is 0 Å². The first kappa shape index (κ1) is 24.1. The maximum atomic E-state index is 13.8. The molecule has 2 N–H and O–H groups in total. The van der Waals surface area contributed by atoms with E-state index in [1.807, 2.05) is 13.8 Å². The molecule has 0 aromatic heterocycles. The summed E-state index contributed by atoms with van der Waals surface area (Å²) < 4.78 is 46.5. The maximum absolute atomic E-state index is 13.8. The minimum atomic E-state index is -3.75. The van der Waals surface area contributed by atoms with Crippen molar-refractivity contribution < 1.29 is 27.1 Å². The van der Waals surface area contributed by atoms with Crippen LogP contribution in [-0.4, -0.2) is 51.5 Å². The molecule has 1 aromatic rings. The van der Waals surface area contributed by atoms with Crippen molar-refractivity contribution in [1.29, 1.82) is 0 Å². The normalized spacial score (nSPS) is 14.9. The van der Waals surface area contributed by atoms with Crippen molar-refractivity contribution in [3.05, 3.63) is 24.0 Å². The number of urea groups is 1. The Hall–Kier alpha value is -2.20. The van der Waals surface area contributed by atoms with E-state index >= 15 is 0 Å². The van der Waals surface area contributed by atoms with Gasteiger partial charge < -0.3 is 9.64 Å². The van der Waals surface area contributed by atoms with Crippen LogP contribution in [0.15, 0.2) is 23.1 Å². The molecule has 0 bridgehead atoms. The molecule has 0 atom stereocenters. The number of sulfonamides is 1. The predicted octanol–water partition coefficient (Wildman–Crippen LogP) is 2.64. The van der Waals surface area contributed by atoms with E-state index in [0.29, 0.717) is 32.5 Å². The summed E-state index contributed by atoms with van der Waals surface area (Å²) >= 11 is 0.